The summed E-state index contributed by atoms with van der Waals surface area (Å²) in [6, 6.07) is 160. The Balaban J connectivity index is 0.0000000999. The highest BCUT2D eigenvalue weighted by molar-refractivity contribution is 7.26. The summed E-state index contributed by atoms with van der Waals surface area (Å²) in [6.07, 6.45) is 0. The van der Waals surface area contributed by atoms with Crippen molar-refractivity contribution in [3.05, 3.63) is 465 Å². The molecule has 0 unspecified atom stereocenters. The van der Waals surface area contributed by atoms with Gasteiger partial charge in [-0.15, -0.1) is 11.3 Å². The Labute approximate surface area is 846 Å². The SMILES string of the molecule is CC1(C)c2ccccc2-c2ccc(-c3nc(-n4c5cc6ccccc6cc5c5c6ccccc6ccc54)nc4c3oc3ccccc34)cc21.CC1(C)c2ccccc2-c2nc(-n3c4cc5ccccc5cc4c4c5ccccc5ccc43)nc(-c3cc4ccccc4c4ccccc34)c21.c1ccc2cc3c(cc2c1)c1c2ccccc2ccc1n3-c1nc(-c2ccc3c(ccc4ccccc43)c2)c2sc3ccccc3c2n1. The lowest BCUT2D eigenvalue weighted by molar-refractivity contribution is 0.657. The van der Waals surface area contributed by atoms with Crippen molar-refractivity contribution in [3.63, 3.8) is 0 Å². The van der Waals surface area contributed by atoms with E-state index in [9.17, 15) is 0 Å². The predicted octanol–water partition coefficient (Wildman–Crippen LogP) is 36.1. The molecule has 2 aliphatic carbocycles. The van der Waals surface area contributed by atoms with Gasteiger partial charge in [-0.25, -0.2) is 29.9 Å². The molecule has 686 valence electrons. The molecule has 0 N–H and O–H groups in total. The number of furan rings is 1. The molecule has 11 heteroatoms. The van der Waals surface area contributed by atoms with Gasteiger partial charge in [0.2, 0.25) is 17.8 Å². The molecule has 147 heavy (non-hydrogen) atoms. The van der Waals surface area contributed by atoms with Crippen LogP contribution in [-0.4, -0.2) is 43.6 Å². The minimum absolute atomic E-state index is 0.139. The highest BCUT2D eigenvalue weighted by Crippen LogP contribution is 2.56. The quantitative estimate of drug-likeness (QED) is 0.153. The van der Waals surface area contributed by atoms with E-state index in [2.05, 4.69) is 466 Å². The second-order valence-corrected chi connectivity index (χ2v) is 41.7. The number of benzene rings is 23. The van der Waals surface area contributed by atoms with Crippen molar-refractivity contribution in [2.75, 3.05) is 0 Å². The summed E-state index contributed by atoms with van der Waals surface area (Å²) in [5.41, 5.74) is 25.3. The molecule has 23 aromatic carbocycles. The third kappa shape index (κ3) is 12.4. The van der Waals surface area contributed by atoms with E-state index >= 15 is 0 Å². The molecule has 0 atom stereocenters. The highest BCUT2D eigenvalue weighted by atomic mass is 32.1. The number of para-hydroxylation sites is 1. The van der Waals surface area contributed by atoms with Crippen LogP contribution in [0.2, 0.25) is 0 Å². The zero-order chi connectivity index (χ0) is 96.9. The smallest absolute Gasteiger partial charge is 0.236 e. The number of fused-ring (bicyclic) bond motifs is 36. The van der Waals surface area contributed by atoms with Crippen LogP contribution in [0.3, 0.4) is 0 Å². The minimum Gasteiger partial charge on any atom is -0.452 e. The van der Waals surface area contributed by atoms with Crippen LogP contribution in [0.25, 0.3) is 290 Å². The van der Waals surface area contributed by atoms with Crippen molar-refractivity contribution in [1.82, 2.24) is 43.6 Å². The monoisotopic (exact) mass is 1890 g/mol. The summed E-state index contributed by atoms with van der Waals surface area (Å²) >= 11 is 1.77. The van der Waals surface area contributed by atoms with Crippen LogP contribution in [-0.2, 0) is 10.8 Å². The van der Waals surface area contributed by atoms with Crippen molar-refractivity contribution in [1.29, 1.82) is 0 Å². The van der Waals surface area contributed by atoms with Gasteiger partial charge < -0.3 is 4.42 Å². The van der Waals surface area contributed by atoms with Gasteiger partial charge in [-0.2, -0.15) is 0 Å². The molecule has 0 radical (unpaired) electrons. The van der Waals surface area contributed by atoms with E-state index in [0.29, 0.717) is 23.4 Å². The van der Waals surface area contributed by atoms with Crippen LogP contribution in [0.5, 0.6) is 0 Å². The van der Waals surface area contributed by atoms with Crippen molar-refractivity contribution in [3.8, 4) is 74.0 Å². The summed E-state index contributed by atoms with van der Waals surface area (Å²) in [4.78, 5) is 33.0. The van der Waals surface area contributed by atoms with Crippen molar-refractivity contribution in [2.24, 2.45) is 0 Å². The minimum atomic E-state index is -0.292. The lowest BCUT2D eigenvalue weighted by atomic mass is 9.80. The summed E-state index contributed by atoms with van der Waals surface area (Å²) in [6.45, 7) is 9.28. The molecule has 0 fully saturated rings. The first kappa shape index (κ1) is 83.0. The number of rotatable bonds is 6. The molecule has 2 aliphatic rings. The second-order valence-electron chi connectivity index (χ2n) is 40.6. The lowest BCUT2D eigenvalue weighted by Gasteiger charge is -2.24. The van der Waals surface area contributed by atoms with Crippen LogP contribution < -0.4 is 0 Å². The van der Waals surface area contributed by atoms with E-state index < -0.39 is 0 Å². The van der Waals surface area contributed by atoms with Gasteiger partial charge >= 0.3 is 0 Å². The first-order valence-corrected chi connectivity index (χ1v) is 51.2. The highest BCUT2D eigenvalue weighted by Gasteiger charge is 2.42. The summed E-state index contributed by atoms with van der Waals surface area (Å²) in [5, 5.41) is 33.8. The summed E-state index contributed by atoms with van der Waals surface area (Å²) in [7, 11) is 0. The van der Waals surface area contributed by atoms with E-state index in [0.717, 1.165) is 105 Å². The molecule has 8 aromatic heterocycles. The summed E-state index contributed by atoms with van der Waals surface area (Å²) < 4.78 is 15.8. The Hall–Kier alpha value is -18.7. The summed E-state index contributed by atoms with van der Waals surface area (Å²) in [5.74, 6) is 2.00. The van der Waals surface area contributed by atoms with Crippen LogP contribution in [0, 0.1) is 0 Å². The Morgan fingerprint density at radius 3 is 1.15 bits per heavy atom. The normalized spacial score (nSPS) is 13.1. The molecule has 8 heterocycles. The number of hydrogen-bond donors (Lipinski definition) is 0. The van der Waals surface area contributed by atoms with Crippen molar-refractivity contribution >= 4 is 227 Å². The fourth-order valence-corrected chi connectivity index (χ4v) is 26.1. The second kappa shape index (κ2) is 31.4. The van der Waals surface area contributed by atoms with Crippen LogP contribution >= 0.6 is 11.3 Å². The van der Waals surface area contributed by atoms with Crippen LogP contribution in [0.4, 0.5) is 0 Å². The maximum absolute atomic E-state index is 6.60. The van der Waals surface area contributed by atoms with Gasteiger partial charge in [0.25, 0.3) is 0 Å². The number of thiophene rings is 1. The molecule has 0 saturated carbocycles. The third-order valence-corrected chi connectivity index (χ3v) is 33.0. The number of hydrogen-bond acceptors (Lipinski definition) is 8. The van der Waals surface area contributed by atoms with E-state index in [1.165, 1.54) is 184 Å². The molecular weight excluding hydrogens is 1810 g/mol. The van der Waals surface area contributed by atoms with E-state index in [1.807, 2.05) is 18.2 Å². The molecule has 31 aromatic rings. The standard InChI is InChI=1S/C47H31N3.C45H29N3O.C44H25N3S/c1-47(2)39-22-12-11-21-36(39)44-43(47)45(37-26-31-16-6-7-17-32(31)34-19-9-10-20-35(34)37)49-46(48-44)50-40-24-23-28-13-5-8-18-33(28)42(40)38-25-29-14-3-4-15-30(29)27-41(38)50;1-45(2)35-17-9-7-15-31(35)32-21-19-29(24-36(32)45)41-43-42(33-16-8-10-18-39(33)49-43)47-44(46-41)48-37-22-20-26-11-5-6-14-30(26)40(37)34-23-27-12-3-4-13-28(27)25-38(34)48;1-2-12-29-25-38-36(24-28(29)11-1)40-34-14-6-4-10-27(34)20-22-37(40)47(38)44-45-41(43-42(46-44)35-15-7-8-16-39(35)48-43)31-19-21-33-30(23-31)18-17-26-9-3-5-13-32(26)33/h3-27H,1-2H3;3-25H,1-2H3;1-25H. The van der Waals surface area contributed by atoms with Crippen LogP contribution in [0.1, 0.15) is 49.9 Å². The van der Waals surface area contributed by atoms with Crippen LogP contribution in [0.15, 0.2) is 447 Å². The third-order valence-electron chi connectivity index (χ3n) is 31.9. The molecule has 10 nitrogen and oxygen atoms in total. The molecule has 33 rings (SSSR count). The Morgan fingerprint density at radius 1 is 0.218 bits per heavy atom. The van der Waals surface area contributed by atoms with Gasteiger partial charge in [0.15, 0.2) is 5.58 Å². The molecule has 0 bridgehead atoms. The lowest BCUT2D eigenvalue weighted by Crippen LogP contribution is -2.18. The molecule has 0 saturated heterocycles. The van der Waals surface area contributed by atoms with Gasteiger partial charge in [0.05, 0.1) is 60.4 Å². The first-order chi connectivity index (χ1) is 72.4. The average Bonchev–Trinajstić information content (AvgIpc) is 1.56. The van der Waals surface area contributed by atoms with Gasteiger partial charge in [0, 0.05) is 86.4 Å². The van der Waals surface area contributed by atoms with Crippen molar-refractivity contribution in [2.45, 2.75) is 38.5 Å². The first-order valence-electron chi connectivity index (χ1n) is 50.4. The largest absolute Gasteiger partial charge is 0.452 e. The van der Waals surface area contributed by atoms with E-state index in [-0.39, 0.29) is 10.8 Å². The Bertz CT molecular complexity index is 11200. The molecular formula is C136H85N9OS. The van der Waals surface area contributed by atoms with Gasteiger partial charge in [-0.05, 0) is 227 Å². The van der Waals surface area contributed by atoms with Gasteiger partial charge in [-0.1, -0.05) is 380 Å². The fraction of sp³-hybridized carbons (Fsp3) is 0.0441. The molecule has 0 aliphatic heterocycles. The van der Waals surface area contributed by atoms with E-state index in [1.54, 1.807) is 11.3 Å². The Morgan fingerprint density at radius 2 is 0.585 bits per heavy atom. The van der Waals surface area contributed by atoms with Gasteiger partial charge in [0.1, 0.15) is 16.8 Å². The average molecular weight is 1890 g/mol. The maximum Gasteiger partial charge on any atom is 0.236 e. The topological polar surface area (TPSA) is 105 Å². The predicted molar refractivity (Wildman–Crippen MR) is 616 cm³/mol. The fourth-order valence-electron chi connectivity index (χ4n) is 25.0. The number of aromatic nitrogens is 9. The molecule has 0 spiro atoms. The zero-order valence-corrected chi connectivity index (χ0v) is 81.3. The molecule has 0 amide bonds. The Kier molecular flexibility index (Phi) is 17.7. The van der Waals surface area contributed by atoms with Crippen molar-refractivity contribution < 1.29 is 4.42 Å². The number of nitrogens with zero attached hydrogens (tertiary/aromatic N) is 9. The zero-order valence-electron chi connectivity index (χ0n) is 80.5. The maximum atomic E-state index is 6.60. The van der Waals surface area contributed by atoms with E-state index in [4.69, 9.17) is 34.3 Å². The van der Waals surface area contributed by atoms with Gasteiger partial charge in [-0.3, -0.25) is 13.7 Å².